The fraction of sp³-hybridized carbons (Fsp3) is 0.771. The van der Waals surface area contributed by atoms with Gasteiger partial charge in [0.05, 0.1) is 47.0 Å². The van der Waals surface area contributed by atoms with E-state index in [2.05, 4.69) is 35.5 Å². The van der Waals surface area contributed by atoms with E-state index in [4.69, 9.17) is 23.4 Å². The lowest BCUT2D eigenvalue weighted by molar-refractivity contribution is -0.273. The van der Waals surface area contributed by atoms with Crippen LogP contribution in [-0.2, 0) is 39.8 Å². The van der Waals surface area contributed by atoms with Crippen LogP contribution in [0.1, 0.15) is 109 Å². The summed E-state index contributed by atoms with van der Waals surface area (Å²) in [6.07, 6.45) is 15.3. The van der Waals surface area contributed by atoms with Crippen LogP contribution >= 0.6 is 0 Å². The lowest BCUT2D eigenvalue weighted by Gasteiger charge is -2.69. The maximum absolute atomic E-state index is 15.6. The van der Waals surface area contributed by atoms with Crippen molar-refractivity contribution in [3.8, 4) is 0 Å². The monoisotopic (exact) mass is 824 g/mol. The molecule has 12 heteroatoms. The number of furan rings is 1. The van der Waals surface area contributed by atoms with E-state index in [1.165, 1.54) is 6.42 Å². The van der Waals surface area contributed by atoms with Gasteiger partial charge >= 0.3 is 11.9 Å². The quantitative estimate of drug-likeness (QED) is 0.215. The van der Waals surface area contributed by atoms with Crippen LogP contribution < -0.4 is 5.32 Å². The molecule has 2 bridgehead atoms. The van der Waals surface area contributed by atoms with Crippen molar-refractivity contribution >= 4 is 17.7 Å². The molecule has 5 spiro atoms. The number of rotatable bonds is 3. The Morgan fingerprint density at radius 1 is 0.950 bits per heavy atom. The van der Waals surface area contributed by atoms with Gasteiger partial charge in [-0.3, -0.25) is 14.9 Å². The van der Waals surface area contributed by atoms with Crippen molar-refractivity contribution in [2.75, 3.05) is 19.8 Å². The second kappa shape index (κ2) is 11.8. The number of hydrogen-bond acceptors (Lipinski definition) is 12. The predicted molar refractivity (Wildman–Crippen MR) is 212 cm³/mol. The average molecular weight is 825 g/mol. The summed E-state index contributed by atoms with van der Waals surface area (Å²) in [4.78, 5) is 46.5. The molecular formula is C48H60N2O10. The van der Waals surface area contributed by atoms with Gasteiger partial charge in [0.2, 0.25) is 0 Å². The zero-order chi connectivity index (χ0) is 41.0. The Morgan fingerprint density at radius 3 is 2.62 bits per heavy atom. The van der Waals surface area contributed by atoms with Gasteiger partial charge in [-0.1, -0.05) is 38.0 Å². The van der Waals surface area contributed by atoms with Gasteiger partial charge < -0.3 is 38.5 Å². The van der Waals surface area contributed by atoms with Crippen molar-refractivity contribution in [1.82, 2.24) is 10.2 Å². The van der Waals surface area contributed by atoms with E-state index in [0.29, 0.717) is 68.2 Å². The number of allylic oxidation sites excluding steroid dienone is 2. The topological polar surface area (TPSA) is 160 Å². The van der Waals surface area contributed by atoms with E-state index < -0.39 is 74.8 Å². The second-order valence-corrected chi connectivity index (χ2v) is 22.3. The maximum atomic E-state index is 15.6. The van der Waals surface area contributed by atoms with Crippen LogP contribution in [0.5, 0.6) is 0 Å². The molecule has 6 aliphatic heterocycles. The molecule has 0 radical (unpaired) electrons. The Hall–Kier alpha value is -3.03. The van der Waals surface area contributed by atoms with Crippen molar-refractivity contribution < 1.29 is 48.0 Å². The van der Waals surface area contributed by atoms with Crippen molar-refractivity contribution in [1.29, 1.82) is 0 Å². The van der Waals surface area contributed by atoms with Crippen LogP contribution in [0.4, 0.5) is 0 Å². The minimum atomic E-state index is -1.45. The van der Waals surface area contributed by atoms with Gasteiger partial charge in [0.25, 0.3) is 0 Å². The molecule has 14 rings (SSSR count). The highest BCUT2D eigenvalue weighted by molar-refractivity contribution is 5.98. The maximum Gasteiger partial charge on any atom is 0.339 e. The van der Waals surface area contributed by atoms with Gasteiger partial charge in [0.1, 0.15) is 30.2 Å². The van der Waals surface area contributed by atoms with Gasteiger partial charge in [-0.15, -0.1) is 0 Å². The standard InChI is InChI=1S/C48H60N2O10/c1-42(2)47-15-6-14-45(35(52)36(47)53)34(46(47)23-57-41(55)44(40(46)60-42)12-4-5-13-44)9-16-43(3)37(58-39(54)38-48(43,45)59-38)27-11-18-56-33(27)21-30-28-19-26-10-17-50-24-49-22-31(50)29(26)20-25(28)7-8-32(30)51/h6,10-11,15,17-18,25-26,28-32,34-35,37-38,40,49,51-52H,4-5,7-9,12-14,16,19-24H2,1-3H3/t25-,26-,28+,29-,30-,31+,32+,34+,35-,37+,38-,40+,43+,45+,46+,47-,48-/m1/s1. The highest BCUT2D eigenvalue weighted by atomic mass is 16.7. The first-order chi connectivity index (χ1) is 28.8. The van der Waals surface area contributed by atoms with Crippen molar-refractivity contribution in [2.24, 2.45) is 62.6 Å². The molecule has 1 aromatic rings. The molecule has 5 saturated heterocycles. The Labute approximate surface area is 351 Å². The highest BCUT2D eigenvalue weighted by Crippen LogP contribution is 2.85. The third-order valence-corrected chi connectivity index (χ3v) is 20.5. The number of epoxide rings is 1. The Bertz CT molecular complexity index is 2140. The molecule has 322 valence electrons. The molecule has 3 N–H and O–H groups in total. The summed E-state index contributed by atoms with van der Waals surface area (Å²) in [5.74, 6) is 1.31. The molecular weight excluding hydrogens is 765 g/mol. The SMILES string of the molecule is CC1(C)O[C@H]2C3(CCCC3)C(=O)OC[C@]23[C@H]2CC[C@@]4(C)[C@H](c5ccoc5C[C@@H]5[C@H]6C[C@H]7C=CN8CNC[C@H]8[C@@H]7C[C@H]6CC[C@@H]5O)OC(=O)[C@H]5O[C@]54[C@@]24CC=C[C@@]13C(=O)[C@H]4O. The molecule has 10 fully saturated rings. The van der Waals surface area contributed by atoms with Gasteiger partial charge in [-0.2, -0.15) is 0 Å². The molecule has 17 atom stereocenters. The zero-order valence-electron chi connectivity index (χ0n) is 35.1. The zero-order valence-corrected chi connectivity index (χ0v) is 35.1. The summed E-state index contributed by atoms with van der Waals surface area (Å²) in [5, 5.41) is 28.3. The number of fused-ring (bicyclic) bond motifs is 7. The smallest absolute Gasteiger partial charge is 0.339 e. The predicted octanol–water partition coefficient (Wildman–Crippen LogP) is 4.92. The fourth-order valence-corrected chi connectivity index (χ4v) is 18.1. The number of aliphatic hydroxyl groups is 2. The van der Waals surface area contributed by atoms with E-state index in [1.807, 2.05) is 26.0 Å². The van der Waals surface area contributed by atoms with E-state index in [1.54, 1.807) is 6.26 Å². The third-order valence-electron chi connectivity index (χ3n) is 20.5. The first kappa shape index (κ1) is 37.5. The number of carbonyl (C=O) groups is 3. The van der Waals surface area contributed by atoms with Crippen LogP contribution in [0.25, 0.3) is 0 Å². The molecule has 0 aromatic carbocycles. The van der Waals surface area contributed by atoms with Gasteiger partial charge in [-0.25, -0.2) is 4.79 Å². The number of carbonyl (C=O) groups excluding carboxylic acids is 3. The second-order valence-electron chi connectivity index (χ2n) is 22.3. The van der Waals surface area contributed by atoms with Crippen LogP contribution in [0.15, 0.2) is 41.2 Å². The number of ether oxygens (including phenoxy) is 4. The summed E-state index contributed by atoms with van der Waals surface area (Å²) in [6, 6.07) is 2.47. The van der Waals surface area contributed by atoms with Crippen LogP contribution in [0.3, 0.4) is 0 Å². The lowest BCUT2D eigenvalue weighted by Crippen LogP contribution is -2.80. The Morgan fingerprint density at radius 2 is 1.78 bits per heavy atom. The summed E-state index contributed by atoms with van der Waals surface area (Å²) in [5.41, 5.74) is -6.64. The number of cyclic esters (lactones) is 2. The van der Waals surface area contributed by atoms with E-state index >= 15 is 4.79 Å². The molecule has 60 heavy (non-hydrogen) atoms. The normalized spacial score (nSPS) is 53.1. The largest absolute Gasteiger partial charge is 0.469 e. The van der Waals surface area contributed by atoms with Crippen LogP contribution in [0.2, 0.25) is 0 Å². The first-order valence-electron chi connectivity index (χ1n) is 23.3. The lowest BCUT2D eigenvalue weighted by atomic mass is 9.32. The first-order valence-corrected chi connectivity index (χ1v) is 23.3. The van der Waals surface area contributed by atoms with Gasteiger partial charge in [-0.05, 0) is 119 Å². The van der Waals surface area contributed by atoms with Crippen molar-refractivity contribution in [3.05, 3.63) is 48.1 Å². The van der Waals surface area contributed by atoms with Crippen LogP contribution in [-0.4, -0.2) is 94.3 Å². The molecule has 0 amide bonds. The Kier molecular flexibility index (Phi) is 7.35. The molecule has 7 heterocycles. The molecule has 5 saturated carbocycles. The van der Waals surface area contributed by atoms with Gasteiger partial charge in [0, 0.05) is 35.4 Å². The minimum Gasteiger partial charge on any atom is -0.469 e. The minimum absolute atomic E-state index is 0.000348. The van der Waals surface area contributed by atoms with E-state index in [9.17, 15) is 19.8 Å². The number of hydrogen-bond donors (Lipinski definition) is 3. The summed E-state index contributed by atoms with van der Waals surface area (Å²) in [6.45, 7) is 8.00. The molecule has 13 aliphatic rings. The molecule has 7 aliphatic carbocycles. The van der Waals surface area contributed by atoms with Crippen LogP contribution in [0, 0.1) is 62.6 Å². The third kappa shape index (κ3) is 3.93. The Balaban J connectivity index is 0.889. The number of Topliss-reactive ketones (excluding diaryl/α,β-unsaturated/α-hetero) is 1. The number of nitrogens with one attached hydrogen (secondary N) is 1. The van der Waals surface area contributed by atoms with E-state index in [0.717, 1.165) is 56.6 Å². The van der Waals surface area contributed by atoms with Crippen molar-refractivity contribution in [2.45, 2.75) is 146 Å². The summed E-state index contributed by atoms with van der Waals surface area (Å²) >= 11 is 0. The molecule has 0 unspecified atom stereocenters. The van der Waals surface area contributed by atoms with E-state index in [-0.39, 0.29) is 30.2 Å². The number of ketones is 1. The fourth-order valence-electron chi connectivity index (χ4n) is 18.1. The number of nitrogens with zero attached hydrogens (tertiary/aromatic N) is 1. The van der Waals surface area contributed by atoms with Gasteiger partial charge in [0.15, 0.2) is 11.9 Å². The average Bonchev–Trinajstić information content (AvgIpc) is 3.56. The summed E-state index contributed by atoms with van der Waals surface area (Å²) in [7, 11) is 0. The summed E-state index contributed by atoms with van der Waals surface area (Å²) < 4.78 is 33.3. The highest BCUT2D eigenvalue weighted by Gasteiger charge is 2.95. The van der Waals surface area contributed by atoms with Crippen molar-refractivity contribution in [3.63, 3.8) is 0 Å². The number of aliphatic hydroxyl groups excluding tert-OH is 2. The number of esters is 2. The molecule has 1 aromatic heterocycles. The molecule has 12 nitrogen and oxygen atoms in total.